The fraction of sp³-hybridized carbons (Fsp3) is 0.438. The average molecular weight is 318 g/mol. The Bertz CT molecular complexity index is 599. The van der Waals surface area contributed by atoms with Crippen LogP contribution in [0.1, 0.15) is 38.3 Å². The van der Waals surface area contributed by atoms with Crippen molar-refractivity contribution in [2.24, 2.45) is 7.05 Å². The number of carbonyl (C=O) groups is 1. The second-order valence-electron chi connectivity index (χ2n) is 5.25. The number of thioether (sulfide) groups is 1. The third-order valence-electron chi connectivity index (χ3n) is 3.42. The normalized spacial score (nSPS) is 13.6. The molecular weight excluding hydrogens is 296 g/mol. The summed E-state index contributed by atoms with van der Waals surface area (Å²) in [7, 11) is 1.87. The van der Waals surface area contributed by atoms with Crippen LogP contribution >= 0.6 is 11.8 Å². The summed E-state index contributed by atoms with van der Waals surface area (Å²) < 4.78 is 1.81. The number of aryl methyl sites for hydroxylation is 1. The van der Waals surface area contributed by atoms with Gasteiger partial charge in [-0.1, -0.05) is 55.4 Å². The van der Waals surface area contributed by atoms with Gasteiger partial charge in [0.15, 0.2) is 5.16 Å². The summed E-state index contributed by atoms with van der Waals surface area (Å²) in [6.45, 7) is 4.02. The largest absolute Gasteiger partial charge is 0.348 e. The Hall–Kier alpha value is -1.82. The molecule has 22 heavy (non-hydrogen) atoms. The SMILES string of the molecule is CCCC(NC(=O)C(C)Sc1nncn1C)c1ccccc1. The zero-order chi connectivity index (χ0) is 15.9. The number of nitrogens with zero attached hydrogens (tertiary/aromatic N) is 3. The van der Waals surface area contributed by atoms with E-state index in [2.05, 4.69) is 34.6 Å². The quantitative estimate of drug-likeness (QED) is 0.797. The number of nitrogens with one attached hydrogen (secondary N) is 1. The van der Waals surface area contributed by atoms with E-state index in [9.17, 15) is 4.79 Å². The number of benzene rings is 1. The van der Waals surface area contributed by atoms with E-state index in [1.165, 1.54) is 11.8 Å². The number of amides is 1. The molecule has 0 saturated carbocycles. The summed E-state index contributed by atoms with van der Waals surface area (Å²) in [5, 5.41) is 11.5. The van der Waals surface area contributed by atoms with E-state index < -0.39 is 0 Å². The second kappa shape index (κ2) is 7.98. The smallest absolute Gasteiger partial charge is 0.233 e. The monoisotopic (exact) mass is 318 g/mol. The summed E-state index contributed by atoms with van der Waals surface area (Å²) in [5.74, 6) is 0.0234. The zero-order valence-corrected chi connectivity index (χ0v) is 14.0. The van der Waals surface area contributed by atoms with Gasteiger partial charge in [-0.05, 0) is 18.9 Å². The van der Waals surface area contributed by atoms with Gasteiger partial charge in [0.25, 0.3) is 0 Å². The molecule has 0 saturated heterocycles. The van der Waals surface area contributed by atoms with Crippen molar-refractivity contribution in [2.45, 2.75) is 43.1 Å². The molecule has 1 heterocycles. The van der Waals surface area contributed by atoms with Crippen LogP contribution in [0.3, 0.4) is 0 Å². The summed E-state index contributed by atoms with van der Waals surface area (Å²) in [6.07, 6.45) is 3.58. The highest BCUT2D eigenvalue weighted by atomic mass is 32.2. The topological polar surface area (TPSA) is 59.8 Å². The Kier molecular flexibility index (Phi) is 6.00. The van der Waals surface area contributed by atoms with E-state index in [4.69, 9.17) is 0 Å². The molecule has 0 aliphatic heterocycles. The number of carbonyl (C=O) groups excluding carboxylic acids is 1. The van der Waals surface area contributed by atoms with Crippen molar-refractivity contribution in [3.05, 3.63) is 42.2 Å². The lowest BCUT2D eigenvalue weighted by Gasteiger charge is -2.20. The minimum atomic E-state index is -0.217. The first kappa shape index (κ1) is 16.5. The molecule has 1 amide bonds. The number of aromatic nitrogens is 3. The van der Waals surface area contributed by atoms with Gasteiger partial charge in [-0.3, -0.25) is 4.79 Å². The number of hydrogen-bond donors (Lipinski definition) is 1. The Morgan fingerprint density at radius 1 is 1.36 bits per heavy atom. The number of rotatable bonds is 7. The van der Waals surface area contributed by atoms with Crippen molar-refractivity contribution in [1.29, 1.82) is 0 Å². The Balaban J connectivity index is 2.00. The predicted molar refractivity (Wildman–Crippen MR) is 88.6 cm³/mol. The van der Waals surface area contributed by atoms with E-state index in [1.807, 2.05) is 36.7 Å². The van der Waals surface area contributed by atoms with Crippen molar-refractivity contribution in [3.8, 4) is 0 Å². The summed E-state index contributed by atoms with van der Waals surface area (Å²) in [5.41, 5.74) is 1.15. The van der Waals surface area contributed by atoms with E-state index in [0.717, 1.165) is 23.6 Å². The molecule has 2 atom stereocenters. The summed E-state index contributed by atoms with van der Waals surface area (Å²) in [4.78, 5) is 12.4. The number of hydrogen-bond acceptors (Lipinski definition) is 4. The van der Waals surface area contributed by atoms with Crippen LogP contribution < -0.4 is 5.32 Å². The van der Waals surface area contributed by atoms with Crippen LogP contribution in [0.4, 0.5) is 0 Å². The molecule has 118 valence electrons. The van der Waals surface area contributed by atoms with Crippen LogP contribution in [-0.2, 0) is 11.8 Å². The Labute approximate surface area is 135 Å². The maximum atomic E-state index is 12.4. The van der Waals surface area contributed by atoms with Gasteiger partial charge in [0.05, 0.1) is 11.3 Å². The lowest BCUT2D eigenvalue weighted by molar-refractivity contribution is -0.121. The third kappa shape index (κ3) is 4.34. The van der Waals surface area contributed by atoms with Crippen LogP contribution in [0, 0.1) is 0 Å². The van der Waals surface area contributed by atoms with Gasteiger partial charge in [-0.15, -0.1) is 10.2 Å². The minimum absolute atomic E-state index is 0.0234. The molecule has 0 radical (unpaired) electrons. The molecule has 2 aromatic rings. The molecule has 1 aromatic heterocycles. The van der Waals surface area contributed by atoms with E-state index in [1.54, 1.807) is 6.33 Å². The molecule has 1 aromatic carbocycles. The highest BCUT2D eigenvalue weighted by molar-refractivity contribution is 8.00. The molecule has 0 fully saturated rings. The third-order valence-corrected chi connectivity index (χ3v) is 4.57. The van der Waals surface area contributed by atoms with Crippen LogP contribution in [0.5, 0.6) is 0 Å². The molecule has 5 nitrogen and oxygen atoms in total. The van der Waals surface area contributed by atoms with Crippen molar-refractivity contribution in [2.75, 3.05) is 0 Å². The molecule has 0 aliphatic rings. The van der Waals surface area contributed by atoms with Crippen molar-refractivity contribution >= 4 is 17.7 Å². The predicted octanol–water partition coefficient (Wildman–Crippen LogP) is 2.95. The lowest BCUT2D eigenvalue weighted by Crippen LogP contribution is -2.34. The first-order valence-corrected chi connectivity index (χ1v) is 8.35. The average Bonchev–Trinajstić information content (AvgIpc) is 2.92. The van der Waals surface area contributed by atoms with E-state index in [0.29, 0.717) is 0 Å². The molecule has 2 unspecified atom stereocenters. The summed E-state index contributed by atoms with van der Waals surface area (Å²) >= 11 is 1.42. The second-order valence-corrected chi connectivity index (χ2v) is 6.55. The van der Waals surface area contributed by atoms with Crippen LogP contribution in [0.15, 0.2) is 41.8 Å². The highest BCUT2D eigenvalue weighted by Gasteiger charge is 2.20. The Morgan fingerprint density at radius 3 is 2.68 bits per heavy atom. The minimum Gasteiger partial charge on any atom is -0.348 e. The van der Waals surface area contributed by atoms with Crippen LogP contribution in [-0.4, -0.2) is 25.9 Å². The van der Waals surface area contributed by atoms with Gasteiger partial charge in [0.2, 0.25) is 5.91 Å². The van der Waals surface area contributed by atoms with Gasteiger partial charge in [-0.25, -0.2) is 0 Å². The van der Waals surface area contributed by atoms with E-state index in [-0.39, 0.29) is 17.2 Å². The maximum absolute atomic E-state index is 12.4. The van der Waals surface area contributed by atoms with Gasteiger partial charge in [0.1, 0.15) is 6.33 Å². The van der Waals surface area contributed by atoms with Crippen molar-refractivity contribution in [1.82, 2.24) is 20.1 Å². The van der Waals surface area contributed by atoms with Gasteiger partial charge < -0.3 is 9.88 Å². The molecular formula is C16H22N4OS. The van der Waals surface area contributed by atoms with Gasteiger partial charge in [0, 0.05) is 7.05 Å². The zero-order valence-electron chi connectivity index (χ0n) is 13.2. The van der Waals surface area contributed by atoms with Gasteiger partial charge in [-0.2, -0.15) is 0 Å². The Morgan fingerprint density at radius 2 is 2.09 bits per heavy atom. The maximum Gasteiger partial charge on any atom is 0.233 e. The molecule has 0 spiro atoms. The molecule has 0 bridgehead atoms. The van der Waals surface area contributed by atoms with Crippen molar-refractivity contribution < 1.29 is 4.79 Å². The molecule has 2 rings (SSSR count). The van der Waals surface area contributed by atoms with Crippen LogP contribution in [0.2, 0.25) is 0 Å². The fourth-order valence-corrected chi connectivity index (χ4v) is 2.98. The standard InChI is InChI=1S/C16H22N4OS/c1-4-8-14(13-9-6-5-7-10-13)18-15(21)12(2)22-16-19-17-11-20(16)3/h5-7,9-12,14H,4,8H2,1-3H3,(H,18,21). The van der Waals surface area contributed by atoms with E-state index >= 15 is 0 Å². The van der Waals surface area contributed by atoms with Gasteiger partial charge >= 0.3 is 0 Å². The molecule has 1 N–H and O–H groups in total. The first-order valence-electron chi connectivity index (χ1n) is 7.47. The fourth-order valence-electron chi connectivity index (χ4n) is 2.18. The molecule has 0 aliphatic carbocycles. The highest BCUT2D eigenvalue weighted by Crippen LogP contribution is 2.23. The van der Waals surface area contributed by atoms with Crippen LogP contribution in [0.25, 0.3) is 0 Å². The molecule has 6 heteroatoms. The summed E-state index contributed by atoms with van der Waals surface area (Å²) in [6, 6.07) is 10.2. The lowest BCUT2D eigenvalue weighted by atomic mass is 10.0. The van der Waals surface area contributed by atoms with Crippen molar-refractivity contribution in [3.63, 3.8) is 0 Å². The first-order chi connectivity index (χ1) is 10.6.